The molecule has 2 saturated heterocycles. The van der Waals surface area contributed by atoms with E-state index in [0.717, 1.165) is 6.33 Å². The predicted molar refractivity (Wildman–Crippen MR) is 117 cm³/mol. The molecule has 0 aromatic carbocycles. The van der Waals surface area contributed by atoms with E-state index in [4.69, 9.17) is 19.9 Å². The standard InChI is InChI=1S/C16H25N5O15P2/c17-13-7-14(19-3-18-13)21(4-20-7)15-8(24)10(5(1-22)32-15)34-16-9(25)12(36-38(29,30)31)11(6(2-23)33-16)35-37(26,27)28/h3-6,8-12,15-16,22-25H,1-2H2,(H2,17,18,19)(H2,26,27,28)(H2,29,30,31)/t5-,6-,8-,9-,10-,11-,12-,15-,16+/m1/s1. The molecule has 2 aliphatic heterocycles. The molecule has 4 heterocycles. The first kappa shape index (κ1) is 29.3. The highest BCUT2D eigenvalue weighted by molar-refractivity contribution is 7.46. The number of nitrogens with zero attached hydrogens (tertiary/aromatic N) is 4. The van der Waals surface area contributed by atoms with E-state index in [-0.39, 0.29) is 17.0 Å². The van der Waals surface area contributed by atoms with Gasteiger partial charge in [-0.05, 0) is 0 Å². The summed E-state index contributed by atoms with van der Waals surface area (Å²) in [5, 5.41) is 41.2. The molecule has 0 spiro atoms. The van der Waals surface area contributed by atoms with E-state index in [9.17, 15) is 49.1 Å². The predicted octanol–water partition coefficient (Wildman–Crippen LogP) is -3.92. The summed E-state index contributed by atoms with van der Waals surface area (Å²) >= 11 is 0. The van der Waals surface area contributed by atoms with Crippen LogP contribution in [0.3, 0.4) is 0 Å². The molecule has 2 aromatic heterocycles. The number of aliphatic hydroxyl groups is 4. The van der Waals surface area contributed by atoms with Crippen molar-refractivity contribution in [3.8, 4) is 0 Å². The first-order valence-corrected chi connectivity index (χ1v) is 13.7. The topological polar surface area (TPSA) is 312 Å². The van der Waals surface area contributed by atoms with Gasteiger partial charge in [-0.15, -0.1) is 0 Å². The number of aliphatic hydroxyl groups excluding tert-OH is 4. The van der Waals surface area contributed by atoms with Crippen LogP contribution in [0.5, 0.6) is 0 Å². The van der Waals surface area contributed by atoms with Crippen LogP contribution in [0.4, 0.5) is 5.82 Å². The van der Waals surface area contributed by atoms with Crippen molar-refractivity contribution in [3.05, 3.63) is 12.7 Å². The third-order valence-corrected chi connectivity index (χ3v) is 6.79. The number of hydrogen-bond donors (Lipinski definition) is 9. The van der Waals surface area contributed by atoms with Crippen molar-refractivity contribution < 1.29 is 72.4 Å². The normalized spacial score (nSPS) is 34.7. The van der Waals surface area contributed by atoms with Gasteiger partial charge >= 0.3 is 15.6 Å². The maximum absolute atomic E-state index is 11.5. The van der Waals surface area contributed by atoms with E-state index in [1.807, 2.05) is 0 Å². The third-order valence-electron chi connectivity index (χ3n) is 5.75. The molecule has 2 aliphatic rings. The Morgan fingerprint density at radius 2 is 1.50 bits per heavy atom. The fourth-order valence-corrected chi connectivity index (χ4v) is 5.33. The molecule has 0 unspecified atom stereocenters. The summed E-state index contributed by atoms with van der Waals surface area (Å²) in [5.41, 5.74) is 6.13. The van der Waals surface area contributed by atoms with Gasteiger partial charge in [-0.25, -0.2) is 24.1 Å². The fourth-order valence-electron chi connectivity index (χ4n) is 4.19. The van der Waals surface area contributed by atoms with Crippen LogP contribution in [-0.4, -0.2) is 122 Å². The van der Waals surface area contributed by atoms with E-state index in [2.05, 4.69) is 24.0 Å². The first-order chi connectivity index (χ1) is 17.7. The molecule has 0 amide bonds. The summed E-state index contributed by atoms with van der Waals surface area (Å²) in [6, 6.07) is 0. The lowest BCUT2D eigenvalue weighted by molar-refractivity contribution is -0.313. The van der Waals surface area contributed by atoms with Crippen molar-refractivity contribution in [1.82, 2.24) is 19.5 Å². The lowest BCUT2D eigenvalue weighted by Gasteiger charge is -2.44. The summed E-state index contributed by atoms with van der Waals surface area (Å²) in [4.78, 5) is 48.8. The SMILES string of the molecule is Nc1ncnc2c1ncn2[C@@H]1O[C@H](CO)[C@@H](O[C@@H]2O[C@H](CO)[C@@H](OP(=O)(O)O)[C@H](OP(=O)(O)O)[C@H]2O)[C@H]1O. The molecule has 0 saturated carbocycles. The second-order valence-electron chi connectivity index (χ2n) is 8.26. The molecule has 38 heavy (non-hydrogen) atoms. The van der Waals surface area contributed by atoms with Gasteiger partial charge < -0.3 is 59.9 Å². The van der Waals surface area contributed by atoms with Gasteiger partial charge in [0.25, 0.3) is 0 Å². The molecule has 4 rings (SSSR count). The molecule has 0 aliphatic carbocycles. The van der Waals surface area contributed by atoms with Gasteiger partial charge in [-0.2, -0.15) is 0 Å². The Hall–Kier alpha value is -1.71. The van der Waals surface area contributed by atoms with Crippen LogP contribution < -0.4 is 5.73 Å². The molecule has 10 N–H and O–H groups in total. The number of nitrogen functional groups attached to an aromatic ring is 1. The zero-order chi connectivity index (χ0) is 28.0. The lowest BCUT2D eigenvalue weighted by atomic mass is 9.99. The minimum atomic E-state index is -5.41. The van der Waals surface area contributed by atoms with E-state index in [0.29, 0.717) is 0 Å². The number of nitrogens with two attached hydrogens (primary N) is 1. The van der Waals surface area contributed by atoms with Crippen LogP contribution in [0.25, 0.3) is 11.2 Å². The highest BCUT2D eigenvalue weighted by Crippen LogP contribution is 2.47. The fraction of sp³-hybridized carbons (Fsp3) is 0.688. The van der Waals surface area contributed by atoms with Gasteiger partial charge in [0.15, 0.2) is 24.0 Å². The second-order valence-corrected chi connectivity index (χ2v) is 10.6. The summed E-state index contributed by atoms with van der Waals surface area (Å²) in [6.45, 7) is -1.75. The minimum absolute atomic E-state index is 0.0460. The van der Waals surface area contributed by atoms with Gasteiger partial charge in [0.2, 0.25) is 0 Å². The van der Waals surface area contributed by atoms with Gasteiger partial charge in [-0.3, -0.25) is 13.6 Å². The number of phosphoric ester groups is 2. The highest BCUT2D eigenvalue weighted by Gasteiger charge is 2.54. The van der Waals surface area contributed by atoms with Crippen molar-refractivity contribution in [3.63, 3.8) is 0 Å². The third kappa shape index (κ3) is 6.04. The largest absolute Gasteiger partial charge is 0.470 e. The summed E-state index contributed by atoms with van der Waals surface area (Å²) in [6.07, 6.45) is -13.4. The molecule has 9 atom stereocenters. The molecule has 2 fully saturated rings. The zero-order valence-electron chi connectivity index (χ0n) is 19.0. The minimum Gasteiger partial charge on any atom is -0.394 e. The zero-order valence-corrected chi connectivity index (χ0v) is 20.7. The molecule has 0 radical (unpaired) electrons. The first-order valence-electron chi connectivity index (χ1n) is 10.7. The van der Waals surface area contributed by atoms with Crippen LogP contribution in [0.1, 0.15) is 6.23 Å². The van der Waals surface area contributed by atoms with Crippen molar-refractivity contribution in [2.24, 2.45) is 0 Å². The van der Waals surface area contributed by atoms with Gasteiger partial charge in [-0.1, -0.05) is 0 Å². The highest BCUT2D eigenvalue weighted by atomic mass is 31.2. The van der Waals surface area contributed by atoms with E-state index in [1.165, 1.54) is 10.9 Å². The average Bonchev–Trinajstić information content (AvgIpc) is 3.38. The molecular weight excluding hydrogens is 564 g/mol. The van der Waals surface area contributed by atoms with Crippen LogP contribution in [0, 0.1) is 0 Å². The quantitative estimate of drug-likeness (QED) is 0.126. The van der Waals surface area contributed by atoms with E-state index < -0.39 is 84.1 Å². The summed E-state index contributed by atoms with van der Waals surface area (Å²) in [5.74, 6) is 0.0460. The Labute approximate surface area is 212 Å². The molecule has 2 aromatic rings. The van der Waals surface area contributed by atoms with E-state index >= 15 is 0 Å². The van der Waals surface area contributed by atoms with E-state index in [1.54, 1.807) is 0 Å². The van der Waals surface area contributed by atoms with Crippen molar-refractivity contribution in [2.75, 3.05) is 18.9 Å². The smallest absolute Gasteiger partial charge is 0.394 e. The Bertz CT molecular complexity index is 1220. The average molecular weight is 589 g/mol. The molecule has 214 valence electrons. The van der Waals surface area contributed by atoms with Crippen LogP contribution >= 0.6 is 15.6 Å². The van der Waals surface area contributed by atoms with Crippen molar-refractivity contribution in [2.45, 2.75) is 55.2 Å². The monoisotopic (exact) mass is 589 g/mol. The molecule has 0 bridgehead atoms. The van der Waals surface area contributed by atoms with Gasteiger partial charge in [0, 0.05) is 0 Å². The number of phosphoric acid groups is 2. The Morgan fingerprint density at radius 3 is 2.11 bits per heavy atom. The summed E-state index contributed by atoms with van der Waals surface area (Å²) < 4.78 is 49.8. The van der Waals surface area contributed by atoms with Gasteiger partial charge in [0.05, 0.1) is 19.5 Å². The van der Waals surface area contributed by atoms with Crippen LogP contribution in [0.15, 0.2) is 12.7 Å². The maximum Gasteiger partial charge on any atom is 0.470 e. The van der Waals surface area contributed by atoms with Crippen molar-refractivity contribution >= 4 is 32.6 Å². The number of hydrogen-bond acceptors (Lipinski definition) is 15. The second kappa shape index (κ2) is 11.0. The number of fused-ring (bicyclic) bond motifs is 1. The van der Waals surface area contributed by atoms with Gasteiger partial charge in [0.1, 0.15) is 54.6 Å². The van der Waals surface area contributed by atoms with Crippen LogP contribution in [0.2, 0.25) is 0 Å². The Morgan fingerprint density at radius 1 is 0.895 bits per heavy atom. The maximum atomic E-state index is 11.5. The Kier molecular flexibility index (Phi) is 8.51. The number of rotatable bonds is 9. The lowest BCUT2D eigenvalue weighted by Crippen LogP contribution is -2.61. The van der Waals surface area contributed by atoms with Crippen molar-refractivity contribution in [1.29, 1.82) is 0 Å². The molecular formula is C16H25N5O15P2. The molecule has 20 nitrogen and oxygen atoms in total. The number of aromatic nitrogens is 4. The molecule has 22 heteroatoms. The summed E-state index contributed by atoms with van der Waals surface area (Å²) in [7, 11) is -10.8. The number of imidazole rings is 1. The Balaban J connectivity index is 1.61. The number of anilines is 1. The number of ether oxygens (including phenoxy) is 3. The van der Waals surface area contributed by atoms with Crippen LogP contribution in [-0.2, 0) is 32.4 Å².